The Morgan fingerprint density at radius 3 is 2.89 bits per heavy atom. The predicted octanol–water partition coefficient (Wildman–Crippen LogP) is 2.58. The van der Waals surface area contributed by atoms with Crippen LogP contribution in [0.4, 0.5) is 5.82 Å². The Morgan fingerprint density at radius 1 is 1.50 bits per heavy atom. The Balaban J connectivity index is 2.25. The highest BCUT2D eigenvalue weighted by Crippen LogP contribution is 2.39. The van der Waals surface area contributed by atoms with Crippen molar-refractivity contribution in [2.75, 3.05) is 5.32 Å². The van der Waals surface area contributed by atoms with Gasteiger partial charge in [-0.3, -0.25) is 4.79 Å². The summed E-state index contributed by atoms with van der Waals surface area (Å²) in [6, 6.07) is 5.72. The second kappa shape index (κ2) is 3.72. The van der Waals surface area contributed by atoms with E-state index in [4.69, 9.17) is 0 Å². The smallest absolute Gasteiger partial charge is 0.254 e. The van der Waals surface area contributed by atoms with Gasteiger partial charge in [-0.25, -0.2) is 0 Å². The fourth-order valence-corrected chi connectivity index (χ4v) is 3.23. The number of carbonyl (C=O) groups excluding carboxylic acids is 1. The first-order valence-corrected chi connectivity index (χ1v) is 6.49. The van der Waals surface area contributed by atoms with Gasteiger partial charge in [0.05, 0.1) is 5.56 Å². The van der Waals surface area contributed by atoms with Gasteiger partial charge in [-0.15, -0.1) is 11.3 Å². The zero-order valence-electron chi connectivity index (χ0n) is 10.0. The molecule has 0 saturated carbocycles. The molecule has 3 heterocycles. The Kier molecular flexibility index (Phi) is 2.28. The third-order valence-electron chi connectivity index (χ3n) is 3.43. The number of amides is 1. The highest BCUT2D eigenvalue weighted by atomic mass is 32.1. The lowest BCUT2D eigenvalue weighted by molar-refractivity contribution is -0.117. The van der Waals surface area contributed by atoms with E-state index >= 15 is 0 Å². The van der Waals surface area contributed by atoms with Gasteiger partial charge >= 0.3 is 0 Å². The van der Waals surface area contributed by atoms with Gasteiger partial charge in [-0.1, -0.05) is 6.07 Å². The van der Waals surface area contributed by atoms with Crippen molar-refractivity contribution in [3.63, 3.8) is 0 Å². The average Bonchev–Trinajstić information content (AvgIpc) is 3.00. The molecule has 3 rings (SSSR count). The Bertz CT molecular complexity index is 676. The van der Waals surface area contributed by atoms with E-state index in [0.717, 1.165) is 16.1 Å². The molecule has 1 atom stereocenters. The largest absolute Gasteiger partial charge is 0.313 e. The van der Waals surface area contributed by atoms with Crippen LogP contribution in [-0.4, -0.2) is 10.5 Å². The first-order chi connectivity index (χ1) is 8.65. The first-order valence-electron chi connectivity index (χ1n) is 5.61. The van der Waals surface area contributed by atoms with Gasteiger partial charge in [0, 0.05) is 10.6 Å². The molecule has 1 N–H and O–H groups in total. The van der Waals surface area contributed by atoms with E-state index in [1.165, 1.54) is 0 Å². The maximum Gasteiger partial charge on any atom is 0.254 e. The first kappa shape index (κ1) is 11.1. The van der Waals surface area contributed by atoms with Gasteiger partial charge in [-0.2, -0.15) is 5.26 Å². The fourth-order valence-electron chi connectivity index (χ4n) is 2.42. The van der Waals surface area contributed by atoms with E-state index in [9.17, 15) is 10.1 Å². The number of thiophene rings is 1. The molecule has 0 aromatic carbocycles. The van der Waals surface area contributed by atoms with E-state index < -0.39 is 0 Å². The molecule has 18 heavy (non-hydrogen) atoms. The lowest BCUT2D eigenvalue weighted by atomic mass is 10.1. The standard InChI is InChI=1S/C13H11N3OS/c1-7-8(2)16-11(10-4-3-5-18-10)13(17)15-12(16)9(7)6-14/h3-5,11H,1-2H3,(H,15,17). The number of nitrogens with one attached hydrogen (secondary N) is 1. The molecule has 0 aliphatic carbocycles. The number of aromatic nitrogens is 1. The van der Waals surface area contributed by atoms with Crippen LogP contribution in [0.15, 0.2) is 17.5 Å². The monoisotopic (exact) mass is 257 g/mol. The minimum absolute atomic E-state index is 0.0629. The van der Waals surface area contributed by atoms with Crippen LogP contribution in [0.5, 0.6) is 0 Å². The number of nitriles is 1. The molecule has 0 spiro atoms. The summed E-state index contributed by atoms with van der Waals surface area (Å²) >= 11 is 1.55. The molecule has 0 fully saturated rings. The number of fused-ring (bicyclic) bond motifs is 1. The van der Waals surface area contributed by atoms with Gasteiger partial charge < -0.3 is 9.88 Å². The summed E-state index contributed by atoms with van der Waals surface area (Å²) in [5.41, 5.74) is 2.48. The molecule has 4 nitrogen and oxygen atoms in total. The van der Waals surface area contributed by atoms with Crippen LogP contribution in [0.3, 0.4) is 0 Å². The number of anilines is 1. The van der Waals surface area contributed by atoms with E-state index in [-0.39, 0.29) is 11.9 Å². The summed E-state index contributed by atoms with van der Waals surface area (Å²) in [4.78, 5) is 13.1. The van der Waals surface area contributed by atoms with E-state index in [1.807, 2.05) is 35.9 Å². The van der Waals surface area contributed by atoms with E-state index in [2.05, 4.69) is 11.4 Å². The third kappa shape index (κ3) is 1.27. The minimum atomic E-state index is -0.333. The average molecular weight is 257 g/mol. The van der Waals surface area contributed by atoms with E-state index in [1.54, 1.807) is 11.3 Å². The summed E-state index contributed by atoms with van der Waals surface area (Å²) in [5.74, 6) is 0.572. The molecular weight excluding hydrogens is 246 g/mol. The maximum absolute atomic E-state index is 12.1. The van der Waals surface area contributed by atoms with Crippen LogP contribution in [0.25, 0.3) is 0 Å². The Hall–Kier alpha value is -2.06. The molecular formula is C13H11N3OS. The molecule has 1 aliphatic rings. The van der Waals surface area contributed by atoms with Crippen molar-refractivity contribution in [2.45, 2.75) is 19.9 Å². The summed E-state index contributed by atoms with van der Waals surface area (Å²) in [7, 11) is 0. The molecule has 90 valence electrons. The molecule has 2 aromatic heterocycles. The van der Waals surface area contributed by atoms with Gasteiger partial charge in [0.2, 0.25) is 0 Å². The van der Waals surface area contributed by atoms with Crippen molar-refractivity contribution in [3.05, 3.63) is 39.2 Å². The number of hydrogen-bond acceptors (Lipinski definition) is 3. The Morgan fingerprint density at radius 2 is 2.28 bits per heavy atom. The molecule has 2 aromatic rings. The number of hydrogen-bond donors (Lipinski definition) is 1. The van der Waals surface area contributed by atoms with E-state index in [0.29, 0.717) is 11.4 Å². The second-order valence-corrected chi connectivity index (χ2v) is 5.30. The second-order valence-electron chi connectivity index (χ2n) is 4.32. The van der Waals surface area contributed by atoms with Gasteiger partial charge in [0.15, 0.2) is 0 Å². The van der Waals surface area contributed by atoms with Crippen molar-refractivity contribution < 1.29 is 4.79 Å². The molecule has 0 bridgehead atoms. The van der Waals surface area contributed by atoms with Crippen molar-refractivity contribution in [1.82, 2.24) is 4.57 Å². The lowest BCUT2D eigenvalue weighted by Gasteiger charge is -2.11. The SMILES string of the molecule is Cc1c(C#N)c2n(c1C)C(c1cccs1)C(=O)N2. The van der Waals surface area contributed by atoms with Crippen LogP contribution >= 0.6 is 11.3 Å². The molecule has 1 amide bonds. The van der Waals surface area contributed by atoms with Gasteiger partial charge in [-0.05, 0) is 30.9 Å². The molecule has 1 unspecified atom stereocenters. The van der Waals surface area contributed by atoms with Crippen molar-refractivity contribution in [2.24, 2.45) is 0 Å². The number of carbonyl (C=O) groups is 1. The lowest BCUT2D eigenvalue weighted by Crippen LogP contribution is -2.16. The highest BCUT2D eigenvalue weighted by Gasteiger charge is 2.36. The molecule has 5 heteroatoms. The number of rotatable bonds is 1. The summed E-state index contributed by atoms with van der Waals surface area (Å²) in [6.07, 6.45) is 0. The van der Waals surface area contributed by atoms with Crippen LogP contribution < -0.4 is 5.32 Å². The predicted molar refractivity (Wildman–Crippen MR) is 69.7 cm³/mol. The molecule has 0 saturated heterocycles. The number of nitrogens with zero attached hydrogens (tertiary/aromatic N) is 2. The summed E-state index contributed by atoms with van der Waals surface area (Å²) in [6.45, 7) is 3.86. The van der Waals surface area contributed by atoms with Gasteiger partial charge in [0.1, 0.15) is 17.9 Å². The zero-order chi connectivity index (χ0) is 12.9. The molecule has 0 radical (unpaired) electrons. The van der Waals surface area contributed by atoms with Crippen LogP contribution in [-0.2, 0) is 4.79 Å². The topological polar surface area (TPSA) is 57.8 Å². The van der Waals surface area contributed by atoms with Crippen molar-refractivity contribution in [1.29, 1.82) is 5.26 Å². The van der Waals surface area contributed by atoms with Gasteiger partial charge in [0.25, 0.3) is 5.91 Å². The van der Waals surface area contributed by atoms with Crippen molar-refractivity contribution >= 4 is 23.1 Å². The third-order valence-corrected chi connectivity index (χ3v) is 4.35. The summed E-state index contributed by atoms with van der Waals surface area (Å²) < 4.78 is 1.93. The van der Waals surface area contributed by atoms with Crippen molar-refractivity contribution in [3.8, 4) is 6.07 Å². The minimum Gasteiger partial charge on any atom is -0.313 e. The summed E-state index contributed by atoms with van der Waals surface area (Å²) in [5, 5.41) is 14.0. The quantitative estimate of drug-likeness (QED) is 0.853. The maximum atomic E-state index is 12.1. The molecule has 1 aliphatic heterocycles. The normalized spacial score (nSPS) is 17.4. The van der Waals surface area contributed by atoms with Crippen LogP contribution in [0.2, 0.25) is 0 Å². The fraction of sp³-hybridized carbons (Fsp3) is 0.231. The van der Waals surface area contributed by atoms with Crippen LogP contribution in [0.1, 0.15) is 27.7 Å². The zero-order valence-corrected chi connectivity index (χ0v) is 10.8. The van der Waals surface area contributed by atoms with Crippen LogP contribution in [0, 0.1) is 25.2 Å². The Labute approximate surface area is 108 Å². The highest BCUT2D eigenvalue weighted by molar-refractivity contribution is 7.10.